The third-order valence-corrected chi connectivity index (χ3v) is 2.53. The Morgan fingerprint density at radius 1 is 1.42 bits per heavy atom. The molecule has 0 aromatic heterocycles. The van der Waals surface area contributed by atoms with Crippen LogP contribution >= 0.6 is 0 Å². The molecule has 1 amide bonds. The fraction of sp³-hybridized carbons (Fsp3) is 0.429. The Morgan fingerprint density at radius 3 is 2.79 bits per heavy atom. The molecule has 19 heavy (non-hydrogen) atoms. The van der Waals surface area contributed by atoms with Crippen molar-refractivity contribution in [2.24, 2.45) is 0 Å². The monoisotopic (exact) mass is 267 g/mol. The first kappa shape index (κ1) is 15.1. The highest BCUT2D eigenvalue weighted by Gasteiger charge is 2.17. The van der Waals surface area contributed by atoms with Gasteiger partial charge in [0.25, 0.3) is 5.91 Å². The van der Waals surface area contributed by atoms with Gasteiger partial charge in [-0.15, -0.1) is 0 Å². The lowest BCUT2D eigenvalue weighted by molar-refractivity contribution is -0.145. The maximum Gasteiger partial charge on any atom is 0.328 e. The summed E-state index contributed by atoms with van der Waals surface area (Å²) in [4.78, 5) is 23.3. The molecule has 0 bridgehead atoms. The summed E-state index contributed by atoms with van der Waals surface area (Å²) in [6.07, 6.45) is 1.72. The van der Waals surface area contributed by atoms with Crippen LogP contribution in [0.1, 0.15) is 37.0 Å². The zero-order chi connectivity index (χ0) is 14.3. The lowest BCUT2D eigenvalue weighted by atomic mass is 10.2. The van der Waals surface area contributed by atoms with E-state index in [1.54, 1.807) is 0 Å². The van der Waals surface area contributed by atoms with Crippen LogP contribution < -0.4 is 5.32 Å². The summed E-state index contributed by atoms with van der Waals surface area (Å²) in [5, 5.41) is 2.47. The maximum absolute atomic E-state index is 13.0. The number of amides is 1. The number of carbonyl (C=O) groups is 2. The summed E-state index contributed by atoms with van der Waals surface area (Å²) in [7, 11) is 0. The molecule has 5 heteroatoms. The molecular weight excluding hydrogens is 249 g/mol. The van der Waals surface area contributed by atoms with E-state index >= 15 is 0 Å². The summed E-state index contributed by atoms with van der Waals surface area (Å²) >= 11 is 0. The molecule has 1 rings (SSSR count). The van der Waals surface area contributed by atoms with Crippen molar-refractivity contribution in [1.29, 1.82) is 0 Å². The SMILES string of the molecule is CCCCOC(=O)[C@H](C)NC(=O)c1cccc(F)c1. The van der Waals surface area contributed by atoms with Crippen molar-refractivity contribution in [3.63, 3.8) is 0 Å². The van der Waals surface area contributed by atoms with E-state index in [4.69, 9.17) is 4.74 Å². The van der Waals surface area contributed by atoms with Gasteiger partial charge in [0, 0.05) is 5.56 Å². The molecule has 0 saturated carbocycles. The van der Waals surface area contributed by atoms with Crippen LogP contribution in [0.4, 0.5) is 4.39 Å². The minimum atomic E-state index is -0.757. The second-order valence-electron chi connectivity index (χ2n) is 4.23. The molecule has 0 saturated heterocycles. The van der Waals surface area contributed by atoms with Crippen molar-refractivity contribution in [1.82, 2.24) is 5.32 Å². The third-order valence-electron chi connectivity index (χ3n) is 2.53. The van der Waals surface area contributed by atoms with Crippen molar-refractivity contribution in [3.05, 3.63) is 35.6 Å². The van der Waals surface area contributed by atoms with Gasteiger partial charge < -0.3 is 10.1 Å². The van der Waals surface area contributed by atoms with E-state index in [0.29, 0.717) is 6.61 Å². The molecule has 1 atom stereocenters. The molecule has 0 aliphatic heterocycles. The summed E-state index contributed by atoms with van der Waals surface area (Å²) in [6, 6.07) is 4.53. The first-order chi connectivity index (χ1) is 9.04. The minimum absolute atomic E-state index is 0.174. The van der Waals surface area contributed by atoms with Crippen molar-refractivity contribution >= 4 is 11.9 Å². The van der Waals surface area contributed by atoms with E-state index in [-0.39, 0.29) is 5.56 Å². The zero-order valence-corrected chi connectivity index (χ0v) is 11.1. The molecule has 0 heterocycles. The van der Waals surface area contributed by atoms with Crippen LogP contribution in [0.5, 0.6) is 0 Å². The molecule has 1 N–H and O–H groups in total. The van der Waals surface area contributed by atoms with Crippen LogP contribution in [0.2, 0.25) is 0 Å². The molecule has 0 unspecified atom stereocenters. The number of rotatable bonds is 6. The van der Waals surface area contributed by atoms with E-state index in [9.17, 15) is 14.0 Å². The summed E-state index contributed by atoms with van der Waals surface area (Å²) in [5.41, 5.74) is 0.174. The molecule has 4 nitrogen and oxygen atoms in total. The van der Waals surface area contributed by atoms with Gasteiger partial charge in [-0.05, 0) is 31.5 Å². The smallest absolute Gasteiger partial charge is 0.328 e. The molecule has 0 radical (unpaired) electrons. The molecule has 0 fully saturated rings. The Hall–Kier alpha value is -1.91. The average molecular weight is 267 g/mol. The van der Waals surface area contributed by atoms with E-state index < -0.39 is 23.7 Å². The maximum atomic E-state index is 13.0. The number of hydrogen-bond donors (Lipinski definition) is 1. The van der Waals surface area contributed by atoms with Gasteiger partial charge in [-0.1, -0.05) is 19.4 Å². The van der Waals surface area contributed by atoms with Crippen molar-refractivity contribution in [2.45, 2.75) is 32.7 Å². The number of esters is 1. The van der Waals surface area contributed by atoms with E-state index in [1.165, 1.54) is 25.1 Å². The predicted octanol–water partition coefficient (Wildman–Crippen LogP) is 2.29. The van der Waals surface area contributed by atoms with E-state index in [1.807, 2.05) is 6.92 Å². The number of benzene rings is 1. The Balaban J connectivity index is 2.49. The van der Waals surface area contributed by atoms with Crippen molar-refractivity contribution in [2.75, 3.05) is 6.61 Å². The van der Waals surface area contributed by atoms with Gasteiger partial charge in [-0.3, -0.25) is 4.79 Å². The standard InChI is InChI=1S/C14H18FNO3/c1-3-4-8-19-14(18)10(2)16-13(17)11-6-5-7-12(15)9-11/h5-7,9-10H,3-4,8H2,1-2H3,(H,16,17)/t10-/m0/s1. The van der Waals surface area contributed by atoms with Crippen LogP contribution in [-0.4, -0.2) is 24.5 Å². The fourth-order valence-corrected chi connectivity index (χ4v) is 1.41. The van der Waals surface area contributed by atoms with Crippen LogP contribution in [0.15, 0.2) is 24.3 Å². The van der Waals surface area contributed by atoms with Crippen molar-refractivity contribution < 1.29 is 18.7 Å². The van der Waals surface area contributed by atoms with Crippen LogP contribution in [-0.2, 0) is 9.53 Å². The fourth-order valence-electron chi connectivity index (χ4n) is 1.41. The van der Waals surface area contributed by atoms with Gasteiger partial charge in [-0.2, -0.15) is 0 Å². The number of nitrogens with one attached hydrogen (secondary N) is 1. The quantitative estimate of drug-likeness (QED) is 0.635. The van der Waals surface area contributed by atoms with E-state index in [0.717, 1.165) is 18.9 Å². The normalized spacial score (nSPS) is 11.7. The van der Waals surface area contributed by atoms with Gasteiger partial charge in [0.05, 0.1) is 6.61 Å². The molecule has 0 aliphatic rings. The van der Waals surface area contributed by atoms with Gasteiger partial charge >= 0.3 is 5.97 Å². The lowest BCUT2D eigenvalue weighted by Gasteiger charge is -2.13. The van der Waals surface area contributed by atoms with E-state index in [2.05, 4.69) is 5.32 Å². The first-order valence-electron chi connectivity index (χ1n) is 6.27. The molecule has 1 aromatic carbocycles. The Labute approximate surface area is 112 Å². The number of hydrogen-bond acceptors (Lipinski definition) is 3. The van der Waals surface area contributed by atoms with Crippen LogP contribution in [0, 0.1) is 5.82 Å². The average Bonchev–Trinajstić information content (AvgIpc) is 2.38. The third kappa shape index (κ3) is 5.07. The lowest BCUT2D eigenvalue weighted by Crippen LogP contribution is -2.39. The second-order valence-corrected chi connectivity index (χ2v) is 4.23. The van der Waals surface area contributed by atoms with Gasteiger partial charge in [0.2, 0.25) is 0 Å². The minimum Gasteiger partial charge on any atom is -0.464 e. The Kier molecular flexibility index (Phi) is 5.99. The Bertz CT molecular complexity index is 448. The number of halogens is 1. The Morgan fingerprint density at radius 2 is 2.16 bits per heavy atom. The van der Waals surface area contributed by atoms with Crippen LogP contribution in [0.25, 0.3) is 0 Å². The van der Waals surface area contributed by atoms with Gasteiger partial charge in [-0.25, -0.2) is 9.18 Å². The predicted molar refractivity (Wildman–Crippen MR) is 69.2 cm³/mol. The van der Waals surface area contributed by atoms with Gasteiger partial charge in [0.15, 0.2) is 0 Å². The zero-order valence-electron chi connectivity index (χ0n) is 11.1. The number of ether oxygens (including phenoxy) is 1. The highest BCUT2D eigenvalue weighted by Crippen LogP contribution is 2.04. The largest absolute Gasteiger partial charge is 0.464 e. The number of carbonyl (C=O) groups excluding carboxylic acids is 2. The first-order valence-corrected chi connectivity index (χ1v) is 6.27. The highest BCUT2D eigenvalue weighted by molar-refractivity contribution is 5.96. The molecular formula is C14H18FNO3. The number of unbranched alkanes of at least 4 members (excludes halogenated alkanes) is 1. The highest BCUT2D eigenvalue weighted by atomic mass is 19.1. The summed E-state index contributed by atoms with van der Waals surface area (Å²) in [6.45, 7) is 3.87. The molecule has 104 valence electrons. The summed E-state index contributed by atoms with van der Waals surface area (Å²) in [5.74, 6) is -1.48. The molecule has 1 aromatic rings. The van der Waals surface area contributed by atoms with Gasteiger partial charge in [0.1, 0.15) is 11.9 Å². The second kappa shape index (κ2) is 7.51. The van der Waals surface area contributed by atoms with Crippen LogP contribution in [0.3, 0.4) is 0 Å². The summed E-state index contributed by atoms with van der Waals surface area (Å²) < 4.78 is 17.9. The molecule has 0 aliphatic carbocycles. The molecule has 0 spiro atoms. The van der Waals surface area contributed by atoms with Crippen molar-refractivity contribution in [3.8, 4) is 0 Å². The topological polar surface area (TPSA) is 55.4 Å².